The Labute approximate surface area is 74.4 Å². The molecule has 0 N–H and O–H groups in total. The van der Waals surface area contributed by atoms with Crippen molar-refractivity contribution in [2.45, 2.75) is 64.7 Å². The predicted molar refractivity (Wildman–Crippen MR) is 48.6 cm³/mol. The number of alkyl halides is 2. The standard InChI is InChI=1S/C8H14F2.C2H6/c9-8(10)6-4-2-1-3-5-7-8;1-2/h1-7H2;1-2H3. The van der Waals surface area contributed by atoms with E-state index in [1.807, 2.05) is 13.8 Å². The summed E-state index contributed by atoms with van der Waals surface area (Å²) in [4.78, 5) is 0. The van der Waals surface area contributed by atoms with E-state index in [4.69, 9.17) is 0 Å². The van der Waals surface area contributed by atoms with Gasteiger partial charge in [-0.2, -0.15) is 0 Å². The van der Waals surface area contributed by atoms with E-state index in [0.29, 0.717) is 12.8 Å². The summed E-state index contributed by atoms with van der Waals surface area (Å²) in [5.74, 6) is -2.35. The van der Waals surface area contributed by atoms with E-state index in [9.17, 15) is 8.78 Å². The molecule has 1 aliphatic rings. The summed E-state index contributed by atoms with van der Waals surface area (Å²) in [5.41, 5.74) is 0. The van der Waals surface area contributed by atoms with Gasteiger partial charge in [0.05, 0.1) is 0 Å². The van der Waals surface area contributed by atoms with Crippen LogP contribution in [0.15, 0.2) is 0 Å². The van der Waals surface area contributed by atoms with Crippen LogP contribution < -0.4 is 0 Å². The lowest BCUT2D eigenvalue weighted by molar-refractivity contribution is -0.0239. The maximum absolute atomic E-state index is 12.6. The molecule has 74 valence electrons. The molecule has 0 nitrogen and oxygen atoms in total. The van der Waals surface area contributed by atoms with E-state index in [1.54, 1.807) is 0 Å². The summed E-state index contributed by atoms with van der Waals surface area (Å²) in [6, 6.07) is 0. The zero-order valence-electron chi connectivity index (χ0n) is 8.21. The molecule has 0 radical (unpaired) electrons. The quantitative estimate of drug-likeness (QED) is 0.516. The van der Waals surface area contributed by atoms with Crippen LogP contribution >= 0.6 is 0 Å². The average molecular weight is 178 g/mol. The minimum Gasteiger partial charge on any atom is -0.207 e. The lowest BCUT2D eigenvalue weighted by Gasteiger charge is -2.18. The molecule has 1 aliphatic carbocycles. The molecule has 0 unspecified atom stereocenters. The van der Waals surface area contributed by atoms with Gasteiger partial charge in [-0.15, -0.1) is 0 Å². The third-order valence-corrected chi connectivity index (χ3v) is 2.09. The molecule has 0 aromatic carbocycles. The van der Waals surface area contributed by atoms with Gasteiger partial charge in [-0.1, -0.05) is 33.1 Å². The first-order valence-corrected chi connectivity index (χ1v) is 5.09. The zero-order valence-corrected chi connectivity index (χ0v) is 8.21. The van der Waals surface area contributed by atoms with E-state index in [0.717, 1.165) is 19.3 Å². The highest BCUT2D eigenvalue weighted by atomic mass is 19.3. The fraction of sp³-hybridized carbons (Fsp3) is 1.00. The Balaban J connectivity index is 0.000000561. The van der Waals surface area contributed by atoms with Gasteiger partial charge < -0.3 is 0 Å². The third kappa shape index (κ3) is 5.50. The molecule has 1 fully saturated rings. The van der Waals surface area contributed by atoms with Crippen LogP contribution in [-0.4, -0.2) is 5.92 Å². The number of hydrogen-bond donors (Lipinski definition) is 0. The van der Waals surface area contributed by atoms with E-state index in [-0.39, 0.29) is 12.8 Å². The molecular formula is C10H20F2. The van der Waals surface area contributed by atoms with Gasteiger partial charge in [0.2, 0.25) is 5.92 Å². The van der Waals surface area contributed by atoms with Crippen LogP contribution in [0.25, 0.3) is 0 Å². The summed E-state index contributed by atoms with van der Waals surface area (Å²) in [7, 11) is 0. The van der Waals surface area contributed by atoms with Gasteiger partial charge in [0.15, 0.2) is 0 Å². The first-order chi connectivity index (χ1) is 5.71. The normalized spacial score (nSPS) is 23.0. The molecule has 0 amide bonds. The molecule has 1 saturated carbocycles. The molecule has 0 aliphatic heterocycles. The van der Waals surface area contributed by atoms with Crippen molar-refractivity contribution in [1.82, 2.24) is 0 Å². The van der Waals surface area contributed by atoms with Gasteiger partial charge in [0, 0.05) is 12.8 Å². The topological polar surface area (TPSA) is 0 Å². The van der Waals surface area contributed by atoms with Gasteiger partial charge in [0.1, 0.15) is 0 Å². The Kier molecular flexibility index (Phi) is 6.31. The average Bonchev–Trinajstić information content (AvgIpc) is 2.03. The minimum atomic E-state index is -2.35. The van der Waals surface area contributed by atoms with Gasteiger partial charge in [-0.25, -0.2) is 8.78 Å². The van der Waals surface area contributed by atoms with E-state index in [1.165, 1.54) is 0 Å². The van der Waals surface area contributed by atoms with Gasteiger partial charge >= 0.3 is 0 Å². The minimum absolute atomic E-state index is 0.118. The van der Waals surface area contributed by atoms with Crippen LogP contribution in [0.1, 0.15) is 58.8 Å². The first kappa shape index (κ1) is 11.9. The van der Waals surface area contributed by atoms with E-state index in [2.05, 4.69) is 0 Å². The molecule has 0 atom stereocenters. The van der Waals surface area contributed by atoms with Crippen molar-refractivity contribution in [2.75, 3.05) is 0 Å². The van der Waals surface area contributed by atoms with E-state index < -0.39 is 5.92 Å². The Morgan fingerprint density at radius 2 is 1.08 bits per heavy atom. The number of hydrogen-bond acceptors (Lipinski definition) is 0. The molecule has 0 spiro atoms. The van der Waals surface area contributed by atoms with Crippen LogP contribution in [0, 0.1) is 0 Å². The van der Waals surface area contributed by atoms with Crippen molar-refractivity contribution in [3.63, 3.8) is 0 Å². The molecule has 1 rings (SSSR count). The first-order valence-electron chi connectivity index (χ1n) is 5.09. The number of halogens is 2. The largest absolute Gasteiger partial charge is 0.248 e. The third-order valence-electron chi connectivity index (χ3n) is 2.09. The van der Waals surface area contributed by atoms with Crippen LogP contribution in [0.4, 0.5) is 8.78 Å². The maximum Gasteiger partial charge on any atom is 0.248 e. The summed E-state index contributed by atoms with van der Waals surface area (Å²) in [6.07, 6.45) is 4.81. The van der Waals surface area contributed by atoms with Crippen molar-refractivity contribution in [1.29, 1.82) is 0 Å². The van der Waals surface area contributed by atoms with Gasteiger partial charge in [-0.3, -0.25) is 0 Å². The smallest absolute Gasteiger partial charge is 0.207 e. The van der Waals surface area contributed by atoms with Crippen LogP contribution in [0.3, 0.4) is 0 Å². The molecule has 0 bridgehead atoms. The molecule has 0 aromatic rings. The second-order valence-electron chi connectivity index (χ2n) is 3.12. The number of rotatable bonds is 0. The Morgan fingerprint density at radius 1 is 0.750 bits per heavy atom. The monoisotopic (exact) mass is 178 g/mol. The summed E-state index contributed by atoms with van der Waals surface area (Å²) in [6.45, 7) is 4.00. The second-order valence-corrected chi connectivity index (χ2v) is 3.12. The van der Waals surface area contributed by atoms with E-state index >= 15 is 0 Å². The molecule has 0 aromatic heterocycles. The maximum atomic E-state index is 12.6. The van der Waals surface area contributed by atoms with Crippen molar-refractivity contribution in [3.05, 3.63) is 0 Å². The highest BCUT2D eigenvalue weighted by Gasteiger charge is 2.27. The lowest BCUT2D eigenvalue weighted by atomic mass is 9.98. The Bertz CT molecular complexity index is 90.0. The van der Waals surface area contributed by atoms with Crippen molar-refractivity contribution in [2.24, 2.45) is 0 Å². The fourth-order valence-electron chi connectivity index (χ4n) is 1.42. The molecular weight excluding hydrogens is 158 g/mol. The molecule has 12 heavy (non-hydrogen) atoms. The zero-order chi connectivity index (χ0) is 9.45. The van der Waals surface area contributed by atoms with Crippen LogP contribution in [0.5, 0.6) is 0 Å². The van der Waals surface area contributed by atoms with Crippen molar-refractivity contribution < 1.29 is 8.78 Å². The predicted octanol–water partition coefficient (Wildman–Crippen LogP) is 4.39. The Morgan fingerprint density at radius 3 is 1.50 bits per heavy atom. The summed E-state index contributed by atoms with van der Waals surface area (Å²) >= 11 is 0. The molecule has 0 heterocycles. The highest BCUT2D eigenvalue weighted by Crippen LogP contribution is 2.30. The van der Waals surface area contributed by atoms with Crippen LogP contribution in [0.2, 0.25) is 0 Å². The molecule has 2 heteroatoms. The SMILES string of the molecule is CC.FC1(F)CCCCCCC1. The van der Waals surface area contributed by atoms with Gasteiger partial charge in [-0.05, 0) is 12.8 Å². The molecule has 0 saturated heterocycles. The van der Waals surface area contributed by atoms with Crippen molar-refractivity contribution in [3.8, 4) is 0 Å². The highest BCUT2D eigenvalue weighted by molar-refractivity contribution is 4.68. The second kappa shape index (κ2) is 6.38. The van der Waals surface area contributed by atoms with Crippen molar-refractivity contribution >= 4 is 0 Å². The van der Waals surface area contributed by atoms with Crippen LogP contribution in [-0.2, 0) is 0 Å². The summed E-state index contributed by atoms with van der Waals surface area (Å²) < 4.78 is 25.3. The fourth-order valence-corrected chi connectivity index (χ4v) is 1.42. The van der Waals surface area contributed by atoms with Gasteiger partial charge in [0.25, 0.3) is 0 Å². The summed E-state index contributed by atoms with van der Waals surface area (Å²) in [5, 5.41) is 0. The Hall–Kier alpha value is -0.140. The lowest BCUT2D eigenvalue weighted by Crippen LogP contribution is -2.16.